The van der Waals surface area contributed by atoms with Gasteiger partial charge >= 0.3 is 0 Å². The van der Waals surface area contributed by atoms with Crippen LogP contribution in [0.4, 0.5) is 5.69 Å². The second-order valence-electron chi connectivity index (χ2n) is 5.21. The zero-order valence-corrected chi connectivity index (χ0v) is 13.4. The van der Waals surface area contributed by atoms with Gasteiger partial charge in [-0.3, -0.25) is 4.79 Å². The van der Waals surface area contributed by atoms with Gasteiger partial charge in [-0.1, -0.05) is 12.0 Å². The molecule has 0 atom stereocenters. The predicted molar refractivity (Wildman–Crippen MR) is 91.1 cm³/mol. The molecule has 0 aliphatic carbocycles. The van der Waals surface area contributed by atoms with Gasteiger partial charge in [0.25, 0.3) is 5.91 Å². The first-order chi connectivity index (χ1) is 11.0. The second kappa shape index (κ2) is 7.37. The summed E-state index contributed by atoms with van der Waals surface area (Å²) in [6.07, 6.45) is 5.38. The van der Waals surface area contributed by atoms with Crippen molar-refractivity contribution >= 4 is 11.6 Å². The number of benzene rings is 2. The van der Waals surface area contributed by atoms with Crippen molar-refractivity contribution in [1.29, 1.82) is 0 Å². The second-order valence-corrected chi connectivity index (χ2v) is 5.21. The van der Waals surface area contributed by atoms with Gasteiger partial charge in [0, 0.05) is 16.8 Å². The maximum Gasteiger partial charge on any atom is 0.255 e. The molecule has 0 fully saturated rings. The number of nitrogens with one attached hydrogen (secondary N) is 1. The van der Waals surface area contributed by atoms with Crippen LogP contribution >= 0.6 is 0 Å². The molecule has 2 aromatic carbocycles. The van der Waals surface area contributed by atoms with Crippen molar-refractivity contribution in [2.24, 2.45) is 0 Å². The highest BCUT2D eigenvalue weighted by Crippen LogP contribution is 2.29. The molecule has 1 N–H and O–H groups in total. The molecule has 0 radical (unpaired) electrons. The third-order valence-electron chi connectivity index (χ3n) is 3.08. The molecule has 0 aromatic heterocycles. The van der Waals surface area contributed by atoms with Gasteiger partial charge < -0.3 is 14.8 Å². The summed E-state index contributed by atoms with van der Waals surface area (Å²) in [5, 5.41) is 2.81. The third-order valence-corrected chi connectivity index (χ3v) is 3.08. The maximum atomic E-state index is 12.4. The van der Waals surface area contributed by atoms with Crippen molar-refractivity contribution in [2.45, 2.75) is 20.0 Å². The number of methoxy groups -OCH3 is 1. The van der Waals surface area contributed by atoms with E-state index in [1.165, 1.54) is 0 Å². The lowest BCUT2D eigenvalue weighted by Gasteiger charge is -2.14. The van der Waals surface area contributed by atoms with E-state index in [9.17, 15) is 4.79 Å². The number of hydrogen-bond donors (Lipinski definition) is 1. The molecule has 23 heavy (non-hydrogen) atoms. The minimum absolute atomic E-state index is 0.0232. The molecule has 0 saturated heterocycles. The Morgan fingerprint density at radius 2 is 1.96 bits per heavy atom. The van der Waals surface area contributed by atoms with Crippen molar-refractivity contribution in [2.75, 3.05) is 12.4 Å². The highest BCUT2D eigenvalue weighted by molar-refractivity contribution is 6.04. The average Bonchev–Trinajstić information content (AvgIpc) is 2.54. The SMILES string of the molecule is C#Cc1cccc(NC(=O)c2ccc(OC(C)C)c(OC)c2)c1. The molecule has 0 heterocycles. The molecule has 0 aliphatic rings. The monoisotopic (exact) mass is 309 g/mol. The standard InChI is InChI=1S/C19H19NO3/c1-5-14-7-6-8-16(11-14)20-19(21)15-9-10-17(23-13(2)3)18(12-15)22-4/h1,6-13H,2-4H3,(H,20,21). The van der Waals surface area contributed by atoms with Crippen molar-refractivity contribution in [3.05, 3.63) is 53.6 Å². The molecule has 4 nitrogen and oxygen atoms in total. The first-order valence-electron chi connectivity index (χ1n) is 7.26. The van der Waals surface area contributed by atoms with Crippen LogP contribution < -0.4 is 14.8 Å². The molecule has 0 aliphatic heterocycles. The summed E-state index contributed by atoms with van der Waals surface area (Å²) >= 11 is 0. The molecule has 118 valence electrons. The van der Waals surface area contributed by atoms with Crippen LogP contribution in [0.5, 0.6) is 11.5 Å². The van der Waals surface area contributed by atoms with Crippen molar-refractivity contribution < 1.29 is 14.3 Å². The van der Waals surface area contributed by atoms with E-state index in [2.05, 4.69) is 11.2 Å². The Labute approximate surface area is 136 Å². The summed E-state index contributed by atoms with van der Waals surface area (Å²) in [5.74, 6) is 3.42. The van der Waals surface area contributed by atoms with Crippen LogP contribution in [0, 0.1) is 12.3 Å². The Balaban J connectivity index is 2.20. The lowest BCUT2D eigenvalue weighted by molar-refractivity contribution is 0.102. The summed E-state index contributed by atoms with van der Waals surface area (Å²) in [6, 6.07) is 12.2. The Morgan fingerprint density at radius 3 is 2.61 bits per heavy atom. The number of amides is 1. The van der Waals surface area contributed by atoms with Crippen LogP contribution in [0.3, 0.4) is 0 Å². The van der Waals surface area contributed by atoms with E-state index >= 15 is 0 Å². The summed E-state index contributed by atoms with van der Waals surface area (Å²) in [5.41, 5.74) is 1.83. The quantitative estimate of drug-likeness (QED) is 0.856. The van der Waals surface area contributed by atoms with Crippen LogP contribution in [0.2, 0.25) is 0 Å². The number of carbonyl (C=O) groups excluding carboxylic acids is 1. The van der Waals surface area contributed by atoms with Crippen LogP contribution in [0.1, 0.15) is 29.8 Å². The molecule has 2 aromatic rings. The fourth-order valence-corrected chi connectivity index (χ4v) is 2.05. The highest BCUT2D eigenvalue weighted by Gasteiger charge is 2.12. The summed E-state index contributed by atoms with van der Waals surface area (Å²) < 4.78 is 10.9. The smallest absolute Gasteiger partial charge is 0.255 e. The minimum Gasteiger partial charge on any atom is -0.493 e. The zero-order valence-electron chi connectivity index (χ0n) is 13.4. The van der Waals surface area contributed by atoms with Gasteiger partial charge in [0.2, 0.25) is 0 Å². The van der Waals surface area contributed by atoms with Crippen LogP contribution in [-0.4, -0.2) is 19.1 Å². The molecule has 0 spiro atoms. The third kappa shape index (κ3) is 4.27. The van der Waals surface area contributed by atoms with E-state index in [1.807, 2.05) is 13.8 Å². The summed E-state index contributed by atoms with van der Waals surface area (Å²) in [7, 11) is 1.54. The van der Waals surface area contributed by atoms with Gasteiger partial charge in [0.05, 0.1) is 13.2 Å². The fourth-order valence-electron chi connectivity index (χ4n) is 2.05. The lowest BCUT2D eigenvalue weighted by atomic mass is 10.1. The van der Waals surface area contributed by atoms with E-state index in [0.29, 0.717) is 28.3 Å². The molecule has 0 saturated carbocycles. The number of anilines is 1. The summed E-state index contributed by atoms with van der Waals surface area (Å²) in [4.78, 5) is 12.4. The predicted octanol–water partition coefficient (Wildman–Crippen LogP) is 3.72. The average molecular weight is 309 g/mol. The van der Waals surface area contributed by atoms with E-state index in [-0.39, 0.29) is 12.0 Å². The Kier molecular flexibility index (Phi) is 5.27. The molecule has 1 amide bonds. The van der Waals surface area contributed by atoms with Crippen molar-refractivity contribution in [1.82, 2.24) is 0 Å². The number of hydrogen-bond acceptors (Lipinski definition) is 3. The normalized spacial score (nSPS) is 10.0. The molecular weight excluding hydrogens is 290 g/mol. The van der Waals surface area contributed by atoms with E-state index in [0.717, 1.165) is 0 Å². The molecular formula is C19H19NO3. The maximum absolute atomic E-state index is 12.4. The summed E-state index contributed by atoms with van der Waals surface area (Å²) in [6.45, 7) is 3.86. The topological polar surface area (TPSA) is 47.6 Å². The number of rotatable bonds is 5. The van der Waals surface area contributed by atoms with Crippen LogP contribution in [-0.2, 0) is 0 Å². The largest absolute Gasteiger partial charge is 0.493 e. The first kappa shape index (κ1) is 16.4. The number of ether oxygens (including phenoxy) is 2. The molecule has 0 unspecified atom stereocenters. The molecule has 0 bridgehead atoms. The van der Waals surface area contributed by atoms with E-state index in [4.69, 9.17) is 15.9 Å². The van der Waals surface area contributed by atoms with Gasteiger partial charge in [0.1, 0.15) is 0 Å². The number of carbonyl (C=O) groups is 1. The van der Waals surface area contributed by atoms with E-state index in [1.54, 1.807) is 49.6 Å². The lowest BCUT2D eigenvalue weighted by Crippen LogP contribution is -2.13. The minimum atomic E-state index is -0.242. The van der Waals surface area contributed by atoms with Crippen LogP contribution in [0.15, 0.2) is 42.5 Å². The van der Waals surface area contributed by atoms with Gasteiger partial charge in [-0.15, -0.1) is 6.42 Å². The van der Waals surface area contributed by atoms with Crippen molar-refractivity contribution in [3.63, 3.8) is 0 Å². The Bertz CT molecular complexity index is 745. The highest BCUT2D eigenvalue weighted by atomic mass is 16.5. The van der Waals surface area contributed by atoms with E-state index < -0.39 is 0 Å². The van der Waals surface area contributed by atoms with Gasteiger partial charge in [0.15, 0.2) is 11.5 Å². The first-order valence-corrected chi connectivity index (χ1v) is 7.26. The number of terminal acetylenes is 1. The fraction of sp³-hybridized carbons (Fsp3) is 0.211. The Hall–Kier alpha value is -2.93. The van der Waals surface area contributed by atoms with Gasteiger partial charge in [-0.05, 0) is 50.2 Å². The Morgan fingerprint density at radius 1 is 1.17 bits per heavy atom. The zero-order chi connectivity index (χ0) is 16.8. The molecule has 4 heteroatoms. The van der Waals surface area contributed by atoms with Gasteiger partial charge in [-0.2, -0.15) is 0 Å². The van der Waals surface area contributed by atoms with Crippen molar-refractivity contribution in [3.8, 4) is 23.8 Å². The van der Waals surface area contributed by atoms with Gasteiger partial charge in [-0.25, -0.2) is 0 Å². The van der Waals surface area contributed by atoms with Crippen LogP contribution in [0.25, 0.3) is 0 Å². The molecule has 2 rings (SSSR count).